The van der Waals surface area contributed by atoms with E-state index >= 15 is 0 Å². The Morgan fingerprint density at radius 3 is 2.64 bits per heavy atom. The quantitative estimate of drug-likeness (QED) is 0.497. The zero-order valence-corrected chi connectivity index (χ0v) is 13.8. The van der Waals surface area contributed by atoms with E-state index < -0.39 is 0 Å². The monoisotopic (exact) mass is 336 g/mol. The summed E-state index contributed by atoms with van der Waals surface area (Å²) in [4.78, 5) is 8.57. The number of pyridine rings is 1. The number of nitrogens with zero attached hydrogens (tertiary/aromatic N) is 2. The van der Waals surface area contributed by atoms with Gasteiger partial charge in [0, 0.05) is 24.3 Å². The number of hydrogen-bond donors (Lipinski definition) is 2. The molecule has 1 aromatic heterocycles. The van der Waals surface area contributed by atoms with Crippen LogP contribution in [0.25, 0.3) is 0 Å². The Morgan fingerprint density at radius 2 is 1.95 bits per heavy atom. The van der Waals surface area contributed by atoms with Gasteiger partial charge in [0.25, 0.3) is 0 Å². The van der Waals surface area contributed by atoms with Crippen molar-refractivity contribution in [3.05, 3.63) is 63.9 Å². The van der Waals surface area contributed by atoms with Crippen molar-refractivity contribution in [1.29, 1.82) is 0 Å². The molecule has 0 saturated carbocycles. The molecule has 4 nitrogen and oxygen atoms in total. The van der Waals surface area contributed by atoms with Crippen LogP contribution in [0, 0.1) is 0 Å². The molecule has 0 bridgehead atoms. The van der Waals surface area contributed by atoms with Gasteiger partial charge in [-0.1, -0.05) is 47.5 Å². The number of guanidine groups is 1. The fraction of sp³-hybridized carbons (Fsp3) is 0.250. The van der Waals surface area contributed by atoms with Gasteiger partial charge in [-0.2, -0.15) is 0 Å². The lowest BCUT2D eigenvalue weighted by Crippen LogP contribution is -2.36. The average molecular weight is 337 g/mol. The summed E-state index contributed by atoms with van der Waals surface area (Å²) in [5, 5.41) is 7.70. The van der Waals surface area contributed by atoms with E-state index in [4.69, 9.17) is 23.2 Å². The summed E-state index contributed by atoms with van der Waals surface area (Å²) in [5.41, 5.74) is 2.03. The van der Waals surface area contributed by atoms with Gasteiger partial charge in [-0.3, -0.25) is 0 Å². The molecule has 0 aliphatic rings. The van der Waals surface area contributed by atoms with Gasteiger partial charge in [0.2, 0.25) is 0 Å². The van der Waals surface area contributed by atoms with E-state index in [0.717, 1.165) is 28.7 Å². The minimum absolute atomic E-state index is 0.483. The van der Waals surface area contributed by atoms with Crippen LogP contribution in [-0.2, 0) is 13.1 Å². The van der Waals surface area contributed by atoms with Gasteiger partial charge in [-0.15, -0.1) is 0 Å². The van der Waals surface area contributed by atoms with Gasteiger partial charge in [0.15, 0.2) is 5.96 Å². The van der Waals surface area contributed by atoms with Crippen LogP contribution in [0.15, 0.2) is 47.6 Å². The molecule has 0 saturated heterocycles. The number of hydrogen-bond acceptors (Lipinski definition) is 2. The maximum Gasteiger partial charge on any atom is 0.191 e. The normalized spacial score (nSPS) is 11.3. The van der Waals surface area contributed by atoms with Crippen LogP contribution in [0.4, 0.5) is 0 Å². The topological polar surface area (TPSA) is 49.3 Å². The number of aliphatic imine (C=N–C) groups is 1. The Balaban J connectivity index is 1.98. The molecule has 116 valence electrons. The van der Waals surface area contributed by atoms with E-state index in [1.807, 2.05) is 37.3 Å². The lowest BCUT2D eigenvalue weighted by atomic mass is 10.2. The van der Waals surface area contributed by atoms with E-state index in [9.17, 15) is 0 Å². The van der Waals surface area contributed by atoms with Crippen molar-refractivity contribution in [2.45, 2.75) is 20.0 Å². The maximum absolute atomic E-state index is 6.15. The molecule has 6 heteroatoms. The maximum atomic E-state index is 6.15. The third-order valence-corrected chi connectivity index (χ3v) is 3.55. The fourth-order valence-electron chi connectivity index (χ4n) is 1.83. The minimum Gasteiger partial charge on any atom is -0.357 e. The first-order valence-electron chi connectivity index (χ1n) is 7.05. The van der Waals surface area contributed by atoms with Gasteiger partial charge < -0.3 is 10.6 Å². The second-order valence-electron chi connectivity index (χ2n) is 4.63. The zero-order chi connectivity index (χ0) is 15.8. The van der Waals surface area contributed by atoms with Crippen molar-refractivity contribution < 1.29 is 0 Å². The third-order valence-electron chi connectivity index (χ3n) is 2.96. The van der Waals surface area contributed by atoms with E-state index in [-0.39, 0.29) is 0 Å². The minimum atomic E-state index is 0.483. The molecule has 0 radical (unpaired) electrons. The molecule has 1 heterocycles. The summed E-state index contributed by atoms with van der Waals surface area (Å²) in [7, 11) is 0. The first-order chi connectivity index (χ1) is 10.7. The first-order valence-corrected chi connectivity index (χ1v) is 7.80. The highest BCUT2D eigenvalue weighted by molar-refractivity contribution is 6.31. The molecular weight excluding hydrogens is 319 g/mol. The molecule has 22 heavy (non-hydrogen) atoms. The van der Waals surface area contributed by atoms with Gasteiger partial charge in [-0.05, 0) is 30.2 Å². The van der Waals surface area contributed by atoms with E-state index in [1.54, 1.807) is 12.3 Å². The molecule has 1 aromatic carbocycles. The second kappa shape index (κ2) is 8.61. The summed E-state index contributed by atoms with van der Waals surface area (Å²) < 4.78 is 0. The first kappa shape index (κ1) is 16.6. The molecule has 0 unspecified atom stereocenters. The molecule has 0 aliphatic carbocycles. The van der Waals surface area contributed by atoms with E-state index in [0.29, 0.717) is 18.2 Å². The van der Waals surface area contributed by atoms with Crippen LogP contribution in [0.1, 0.15) is 18.1 Å². The van der Waals surface area contributed by atoms with E-state index in [1.165, 1.54) is 0 Å². The number of aromatic nitrogens is 1. The SMILES string of the molecule is CCNC(=NCc1ccc(Cl)nc1)NCc1ccccc1Cl. The smallest absolute Gasteiger partial charge is 0.191 e. The number of halogens is 2. The highest BCUT2D eigenvalue weighted by atomic mass is 35.5. The summed E-state index contributed by atoms with van der Waals surface area (Å²) in [6.07, 6.45) is 1.73. The van der Waals surface area contributed by atoms with Crippen molar-refractivity contribution >= 4 is 29.2 Å². The summed E-state index contributed by atoms with van der Waals surface area (Å²) in [6, 6.07) is 11.4. The van der Waals surface area contributed by atoms with Crippen molar-refractivity contribution in [2.75, 3.05) is 6.54 Å². The van der Waals surface area contributed by atoms with Gasteiger partial charge >= 0.3 is 0 Å². The molecule has 0 amide bonds. The predicted molar refractivity (Wildman–Crippen MR) is 92.4 cm³/mol. The second-order valence-corrected chi connectivity index (χ2v) is 5.42. The van der Waals surface area contributed by atoms with Crippen molar-refractivity contribution in [1.82, 2.24) is 15.6 Å². The molecule has 0 aliphatic heterocycles. The highest BCUT2D eigenvalue weighted by Crippen LogP contribution is 2.14. The largest absolute Gasteiger partial charge is 0.357 e. The molecule has 2 aromatic rings. The molecular formula is C16H18Cl2N4. The molecule has 2 N–H and O–H groups in total. The Hall–Kier alpha value is -1.78. The molecule has 0 atom stereocenters. The zero-order valence-electron chi connectivity index (χ0n) is 12.3. The van der Waals surface area contributed by atoms with Crippen molar-refractivity contribution in [2.24, 2.45) is 4.99 Å². The van der Waals surface area contributed by atoms with Crippen LogP contribution in [0.5, 0.6) is 0 Å². The van der Waals surface area contributed by atoms with Crippen LogP contribution >= 0.6 is 23.2 Å². The Bertz CT molecular complexity index is 626. The van der Waals surface area contributed by atoms with Crippen molar-refractivity contribution in [3.8, 4) is 0 Å². The predicted octanol–water partition coefficient (Wildman–Crippen LogP) is 3.64. The average Bonchev–Trinajstić information content (AvgIpc) is 2.53. The van der Waals surface area contributed by atoms with Gasteiger partial charge in [0.1, 0.15) is 5.15 Å². The van der Waals surface area contributed by atoms with E-state index in [2.05, 4.69) is 20.6 Å². The number of rotatable bonds is 5. The lowest BCUT2D eigenvalue weighted by molar-refractivity contribution is 0.815. The van der Waals surface area contributed by atoms with Gasteiger partial charge in [-0.25, -0.2) is 9.98 Å². The molecule has 0 fully saturated rings. The van der Waals surface area contributed by atoms with Gasteiger partial charge in [0.05, 0.1) is 6.54 Å². The standard InChI is InChI=1S/C16H18Cl2N4/c1-2-19-16(21-10-12-7-8-15(18)20-9-12)22-11-13-5-3-4-6-14(13)17/h3-9H,2,10-11H2,1H3,(H2,19,21,22). The summed E-state index contributed by atoms with van der Waals surface area (Å²) in [5.74, 6) is 0.734. The Labute approximate surface area is 140 Å². The Kier molecular flexibility index (Phi) is 6.49. The van der Waals surface area contributed by atoms with Crippen LogP contribution in [0.3, 0.4) is 0 Å². The lowest BCUT2D eigenvalue weighted by Gasteiger charge is -2.12. The van der Waals surface area contributed by atoms with Crippen LogP contribution < -0.4 is 10.6 Å². The Morgan fingerprint density at radius 1 is 1.14 bits per heavy atom. The fourth-order valence-corrected chi connectivity index (χ4v) is 2.15. The number of benzene rings is 1. The van der Waals surface area contributed by atoms with Crippen molar-refractivity contribution in [3.63, 3.8) is 0 Å². The molecule has 2 rings (SSSR count). The number of nitrogens with one attached hydrogen (secondary N) is 2. The summed E-state index contributed by atoms with van der Waals surface area (Å²) >= 11 is 11.9. The molecule has 0 spiro atoms. The summed E-state index contributed by atoms with van der Waals surface area (Å²) in [6.45, 7) is 3.95. The third kappa shape index (κ3) is 5.20. The highest BCUT2D eigenvalue weighted by Gasteiger charge is 2.02. The van der Waals surface area contributed by atoms with Crippen LogP contribution in [0.2, 0.25) is 10.2 Å². The van der Waals surface area contributed by atoms with Crippen LogP contribution in [-0.4, -0.2) is 17.5 Å².